The number of hydrogen-bond acceptors (Lipinski definition) is 2. The van der Waals surface area contributed by atoms with E-state index in [4.69, 9.17) is 0 Å². The fraction of sp³-hybridized carbons (Fsp3) is 0.947. The van der Waals surface area contributed by atoms with Gasteiger partial charge in [-0.2, -0.15) is 0 Å². The van der Waals surface area contributed by atoms with E-state index in [2.05, 4.69) is 43.0 Å². The van der Waals surface area contributed by atoms with Crippen molar-refractivity contribution >= 4 is 0 Å². The first-order valence-electron chi connectivity index (χ1n) is 19.0. The summed E-state index contributed by atoms with van der Waals surface area (Å²) in [6.07, 6.45) is 48.5. The Morgan fingerprint density at radius 2 is 0.575 bits per heavy atom. The maximum Gasteiger partial charge on any atom is 0.101 e. The number of rotatable bonds is 32. The molecule has 1 atom stereocenters. The van der Waals surface area contributed by atoms with Crippen molar-refractivity contribution in [2.45, 2.75) is 220 Å². The van der Waals surface area contributed by atoms with Crippen molar-refractivity contribution < 1.29 is 0 Å². The van der Waals surface area contributed by atoms with E-state index in [0.29, 0.717) is 6.17 Å². The van der Waals surface area contributed by atoms with E-state index in [1.54, 1.807) is 0 Å². The van der Waals surface area contributed by atoms with Crippen molar-refractivity contribution in [3.63, 3.8) is 0 Å². The van der Waals surface area contributed by atoms with E-state index in [9.17, 15) is 0 Å². The van der Waals surface area contributed by atoms with Gasteiger partial charge in [0, 0.05) is 25.5 Å². The molecule has 1 rings (SSSR count). The van der Waals surface area contributed by atoms with E-state index in [1.807, 2.05) is 0 Å². The van der Waals surface area contributed by atoms with E-state index in [0.717, 1.165) is 0 Å². The molecule has 1 aliphatic heterocycles. The van der Waals surface area contributed by atoms with Crippen molar-refractivity contribution in [2.75, 3.05) is 13.1 Å². The molecule has 1 heterocycles. The number of nitrogens with zero attached hydrogens (tertiary/aromatic N) is 2. The van der Waals surface area contributed by atoms with Gasteiger partial charge in [-0.25, -0.2) is 0 Å². The lowest BCUT2D eigenvalue weighted by molar-refractivity contribution is 0.135. The highest BCUT2D eigenvalue weighted by Gasteiger charge is 2.24. The molecule has 0 saturated heterocycles. The molecule has 2 heteroatoms. The zero-order chi connectivity index (χ0) is 28.8. The van der Waals surface area contributed by atoms with Crippen molar-refractivity contribution in [3.05, 3.63) is 12.4 Å². The molecule has 2 nitrogen and oxygen atoms in total. The van der Waals surface area contributed by atoms with Gasteiger partial charge in [0.15, 0.2) is 0 Å². The summed E-state index contributed by atoms with van der Waals surface area (Å²) >= 11 is 0. The van der Waals surface area contributed by atoms with Gasteiger partial charge in [-0.1, -0.05) is 188 Å². The van der Waals surface area contributed by atoms with Gasteiger partial charge < -0.3 is 9.80 Å². The fourth-order valence-corrected chi connectivity index (χ4v) is 6.54. The Kier molecular flexibility index (Phi) is 27.9. The zero-order valence-corrected chi connectivity index (χ0v) is 28.3. The molecule has 0 saturated carbocycles. The van der Waals surface area contributed by atoms with Crippen molar-refractivity contribution in [3.8, 4) is 0 Å². The highest BCUT2D eigenvalue weighted by atomic mass is 15.4. The maximum absolute atomic E-state index is 2.69. The second-order valence-corrected chi connectivity index (χ2v) is 13.2. The Morgan fingerprint density at radius 3 is 0.875 bits per heavy atom. The zero-order valence-electron chi connectivity index (χ0n) is 28.3. The van der Waals surface area contributed by atoms with E-state index in [1.165, 1.54) is 206 Å². The van der Waals surface area contributed by atoms with Crippen LogP contribution < -0.4 is 0 Å². The summed E-state index contributed by atoms with van der Waals surface area (Å²) < 4.78 is 0. The standard InChI is InChI=1S/C38H76N2/c1-4-7-10-12-14-16-18-19-20-21-22-23-25-27-29-32-35-40-37-36-39(38(40)33-30-9-6-3)34-31-28-26-24-17-15-13-11-8-5-2/h36-38H,4-35H2,1-3H3. The molecule has 0 radical (unpaired) electrons. The quantitative estimate of drug-likeness (QED) is 0.0755. The maximum atomic E-state index is 2.69. The van der Waals surface area contributed by atoms with E-state index < -0.39 is 0 Å². The lowest BCUT2D eigenvalue weighted by Gasteiger charge is -2.33. The minimum atomic E-state index is 0.640. The van der Waals surface area contributed by atoms with Crippen LogP contribution in [0, 0.1) is 0 Å². The molecule has 0 amide bonds. The third-order valence-corrected chi connectivity index (χ3v) is 9.32. The van der Waals surface area contributed by atoms with Gasteiger partial charge in [0.2, 0.25) is 0 Å². The predicted molar refractivity (Wildman–Crippen MR) is 182 cm³/mol. The minimum Gasteiger partial charge on any atom is -0.356 e. The molecule has 0 aliphatic carbocycles. The minimum absolute atomic E-state index is 0.640. The fourth-order valence-electron chi connectivity index (χ4n) is 6.54. The van der Waals surface area contributed by atoms with E-state index >= 15 is 0 Å². The second-order valence-electron chi connectivity index (χ2n) is 13.2. The monoisotopic (exact) mass is 561 g/mol. The molecule has 238 valence electrons. The highest BCUT2D eigenvalue weighted by Crippen LogP contribution is 2.23. The van der Waals surface area contributed by atoms with Crippen LogP contribution in [-0.2, 0) is 0 Å². The number of hydrogen-bond donors (Lipinski definition) is 0. The lowest BCUT2D eigenvalue weighted by atomic mass is 10.0. The van der Waals surface area contributed by atoms with Crippen molar-refractivity contribution in [2.24, 2.45) is 0 Å². The van der Waals surface area contributed by atoms with Crippen LogP contribution >= 0.6 is 0 Å². The largest absolute Gasteiger partial charge is 0.356 e. The predicted octanol–water partition coefficient (Wildman–Crippen LogP) is 13.2. The molecule has 0 aromatic rings. The normalized spacial score (nSPS) is 15.1. The van der Waals surface area contributed by atoms with Gasteiger partial charge in [0.25, 0.3) is 0 Å². The van der Waals surface area contributed by atoms with Gasteiger partial charge in [-0.3, -0.25) is 0 Å². The third-order valence-electron chi connectivity index (χ3n) is 9.32. The molecule has 0 aromatic heterocycles. The third kappa shape index (κ3) is 22.0. The van der Waals surface area contributed by atoms with Crippen molar-refractivity contribution in [1.82, 2.24) is 9.80 Å². The van der Waals surface area contributed by atoms with Crippen LogP contribution in [0.15, 0.2) is 12.4 Å². The van der Waals surface area contributed by atoms with Crippen LogP contribution in [0.25, 0.3) is 0 Å². The van der Waals surface area contributed by atoms with Crippen LogP contribution in [0.5, 0.6) is 0 Å². The van der Waals surface area contributed by atoms with Crippen LogP contribution in [-0.4, -0.2) is 29.1 Å². The Bertz CT molecular complexity index is 516. The van der Waals surface area contributed by atoms with Gasteiger partial charge in [0.1, 0.15) is 6.17 Å². The molecule has 0 aromatic carbocycles. The van der Waals surface area contributed by atoms with Gasteiger partial charge in [-0.05, 0) is 25.7 Å². The van der Waals surface area contributed by atoms with Gasteiger partial charge >= 0.3 is 0 Å². The van der Waals surface area contributed by atoms with Gasteiger partial charge in [0.05, 0.1) is 0 Å². The van der Waals surface area contributed by atoms with Crippen LogP contribution in [0.2, 0.25) is 0 Å². The van der Waals surface area contributed by atoms with Crippen LogP contribution in [0.3, 0.4) is 0 Å². The molecule has 0 bridgehead atoms. The lowest BCUT2D eigenvalue weighted by Crippen LogP contribution is -2.39. The first-order chi connectivity index (χ1) is 19.8. The first kappa shape index (κ1) is 37.4. The molecular formula is C38H76N2. The number of unbranched alkanes of at least 4 members (excludes halogenated alkanes) is 26. The second kappa shape index (κ2) is 29.8. The van der Waals surface area contributed by atoms with Crippen molar-refractivity contribution in [1.29, 1.82) is 0 Å². The Hall–Kier alpha value is -0.660. The molecular weight excluding hydrogens is 484 g/mol. The summed E-state index contributed by atoms with van der Waals surface area (Å²) in [5.74, 6) is 0. The molecule has 0 N–H and O–H groups in total. The summed E-state index contributed by atoms with van der Waals surface area (Å²) in [6, 6.07) is 0. The first-order valence-corrected chi connectivity index (χ1v) is 19.0. The summed E-state index contributed by atoms with van der Waals surface area (Å²) in [6.45, 7) is 9.48. The molecule has 1 unspecified atom stereocenters. The highest BCUT2D eigenvalue weighted by molar-refractivity contribution is 4.97. The average Bonchev–Trinajstić information content (AvgIpc) is 3.35. The van der Waals surface area contributed by atoms with Gasteiger partial charge in [-0.15, -0.1) is 0 Å². The summed E-state index contributed by atoms with van der Waals surface area (Å²) in [5, 5.41) is 0. The Labute approximate surface area is 254 Å². The van der Waals surface area contributed by atoms with Crippen LogP contribution in [0.4, 0.5) is 0 Å². The Balaban J connectivity index is 2.03. The summed E-state index contributed by atoms with van der Waals surface area (Å²) in [5.41, 5.74) is 0. The van der Waals surface area contributed by atoms with Crippen LogP contribution in [0.1, 0.15) is 213 Å². The average molecular weight is 561 g/mol. The topological polar surface area (TPSA) is 6.48 Å². The SMILES string of the molecule is CCCCCCCCCCCCCCCCCCN1C=CN(CCCCCCCCCCCC)C1CCCCC. The summed E-state index contributed by atoms with van der Waals surface area (Å²) in [7, 11) is 0. The Morgan fingerprint density at radius 1 is 0.325 bits per heavy atom. The molecule has 40 heavy (non-hydrogen) atoms. The summed E-state index contributed by atoms with van der Waals surface area (Å²) in [4.78, 5) is 5.38. The molecule has 0 spiro atoms. The molecule has 0 fully saturated rings. The van der Waals surface area contributed by atoms with E-state index in [-0.39, 0.29) is 0 Å². The molecule has 1 aliphatic rings. The smallest absolute Gasteiger partial charge is 0.101 e.